The van der Waals surface area contributed by atoms with E-state index in [1.165, 1.54) is 30.7 Å². The Morgan fingerprint density at radius 2 is 2.23 bits per heavy atom. The highest BCUT2D eigenvalue weighted by molar-refractivity contribution is 5.90. The molecule has 0 saturated carbocycles. The Morgan fingerprint density at radius 1 is 1.37 bits per heavy atom. The molecule has 2 saturated heterocycles. The molecule has 3 heterocycles. The van der Waals surface area contributed by atoms with Crippen LogP contribution in [0.1, 0.15) is 26.2 Å². The molecule has 162 valence electrons. The summed E-state index contributed by atoms with van der Waals surface area (Å²) in [5.41, 5.74) is 0.842. The summed E-state index contributed by atoms with van der Waals surface area (Å²) in [7, 11) is 0. The maximum absolute atomic E-state index is 14.9. The van der Waals surface area contributed by atoms with E-state index in [1.54, 1.807) is 23.4 Å². The molecule has 4 rings (SSSR count). The Hall–Kier alpha value is -2.88. The Balaban J connectivity index is 1.40. The fourth-order valence-electron chi connectivity index (χ4n) is 3.95. The lowest BCUT2D eigenvalue weighted by atomic mass is 10.1. The number of piperidine rings is 1. The van der Waals surface area contributed by atoms with Gasteiger partial charge in [0.1, 0.15) is 18.3 Å². The first-order chi connectivity index (χ1) is 14.5. The van der Waals surface area contributed by atoms with Crippen LogP contribution in [0.3, 0.4) is 0 Å². The minimum absolute atomic E-state index is 0.194. The summed E-state index contributed by atoms with van der Waals surface area (Å²) in [6.45, 7) is 4.22. The molecule has 2 fully saturated rings. The van der Waals surface area contributed by atoms with Crippen LogP contribution in [0.25, 0.3) is 0 Å². The fraction of sp³-hybridized carbons (Fsp3) is 0.550. The van der Waals surface area contributed by atoms with Gasteiger partial charge in [0.05, 0.1) is 37.2 Å². The molecule has 1 aromatic rings. The number of benzene rings is 1. The zero-order chi connectivity index (χ0) is 21.1. The maximum atomic E-state index is 14.9. The number of amides is 2. The highest BCUT2D eigenvalue weighted by atomic mass is 19.1. The molecule has 30 heavy (non-hydrogen) atoms. The molecule has 1 unspecified atom stereocenters. The molecular formula is C20H27FN6O3. The van der Waals surface area contributed by atoms with E-state index in [9.17, 15) is 14.0 Å². The third-order valence-electron chi connectivity index (χ3n) is 5.56. The number of nitrogens with one attached hydrogen (secondary N) is 2. The summed E-state index contributed by atoms with van der Waals surface area (Å²) in [5.74, 6) is -0.623. The average molecular weight is 418 g/mol. The van der Waals surface area contributed by atoms with Gasteiger partial charge in [-0.1, -0.05) is 0 Å². The van der Waals surface area contributed by atoms with Gasteiger partial charge in [-0.05, 0) is 44.0 Å². The van der Waals surface area contributed by atoms with Crippen LogP contribution in [0.5, 0.6) is 0 Å². The molecule has 2 N–H and O–H groups in total. The number of halogens is 1. The van der Waals surface area contributed by atoms with Crippen molar-refractivity contribution in [2.45, 2.75) is 38.5 Å². The summed E-state index contributed by atoms with van der Waals surface area (Å²) in [5, 5.41) is 12.6. The molecule has 1 aromatic carbocycles. The molecule has 0 aromatic heterocycles. The lowest BCUT2D eigenvalue weighted by Gasteiger charge is -2.37. The van der Waals surface area contributed by atoms with Crippen molar-refractivity contribution in [3.05, 3.63) is 24.0 Å². The molecule has 3 aliphatic rings. The van der Waals surface area contributed by atoms with Gasteiger partial charge in [-0.15, -0.1) is 0 Å². The number of hydrogen-bond acceptors (Lipinski definition) is 7. The van der Waals surface area contributed by atoms with E-state index >= 15 is 0 Å². The average Bonchev–Trinajstić information content (AvgIpc) is 3.13. The summed E-state index contributed by atoms with van der Waals surface area (Å²) < 4.78 is 20.1. The Morgan fingerprint density at radius 3 is 2.90 bits per heavy atom. The maximum Gasteiger partial charge on any atom is 0.414 e. The van der Waals surface area contributed by atoms with Crippen molar-refractivity contribution in [2.24, 2.45) is 5.10 Å². The van der Waals surface area contributed by atoms with Gasteiger partial charge in [-0.3, -0.25) is 20.0 Å². The van der Waals surface area contributed by atoms with Crippen LogP contribution in [-0.2, 0) is 9.53 Å². The van der Waals surface area contributed by atoms with Crippen LogP contribution < -0.4 is 20.4 Å². The van der Waals surface area contributed by atoms with Gasteiger partial charge in [0.15, 0.2) is 0 Å². The van der Waals surface area contributed by atoms with Gasteiger partial charge < -0.3 is 15.0 Å². The minimum Gasteiger partial charge on any atom is -0.442 e. The zero-order valence-corrected chi connectivity index (χ0v) is 17.0. The topological polar surface area (TPSA) is 89.5 Å². The van der Waals surface area contributed by atoms with Crippen LogP contribution in [0, 0.1) is 5.82 Å². The number of rotatable bonds is 5. The van der Waals surface area contributed by atoms with E-state index in [-0.39, 0.29) is 25.2 Å². The number of hydrogen-bond donors (Lipinski definition) is 2. The highest BCUT2D eigenvalue weighted by Gasteiger charge is 2.33. The van der Waals surface area contributed by atoms with E-state index in [1.807, 2.05) is 5.01 Å². The predicted molar refractivity (Wildman–Crippen MR) is 111 cm³/mol. The third kappa shape index (κ3) is 4.48. The van der Waals surface area contributed by atoms with Crippen LogP contribution in [0.4, 0.5) is 20.6 Å². The smallest absolute Gasteiger partial charge is 0.414 e. The lowest BCUT2D eigenvalue weighted by Crippen LogP contribution is -2.50. The second-order valence-corrected chi connectivity index (χ2v) is 7.74. The first-order valence-corrected chi connectivity index (χ1v) is 10.3. The minimum atomic E-state index is -0.548. The van der Waals surface area contributed by atoms with Gasteiger partial charge in [0.25, 0.3) is 0 Å². The number of anilines is 2. The third-order valence-corrected chi connectivity index (χ3v) is 5.56. The van der Waals surface area contributed by atoms with Gasteiger partial charge in [0.2, 0.25) is 5.91 Å². The summed E-state index contributed by atoms with van der Waals surface area (Å²) in [6.07, 6.45) is 4.34. The standard InChI is InChI=1S/C20H27FN6O3/c1-14(28)23-11-16-12-26(20(29)30-16)15-5-6-18(17(21)10-15)25-8-9-27(24-13-25)19-4-2-3-7-22-19/h5-6,10,13,16,19,22H,2-4,7-9,11-12H2,1H3,(H,23,28)/t16-,19?/m0/s1. The molecule has 0 radical (unpaired) electrons. The first-order valence-electron chi connectivity index (χ1n) is 10.3. The fourth-order valence-corrected chi connectivity index (χ4v) is 3.95. The molecule has 0 aliphatic carbocycles. The van der Waals surface area contributed by atoms with Crippen molar-refractivity contribution in [3.63, 3.8) is 0 Å². The van der Waals surface area contributed by atoms with E-state index in [0.29, 0.717) is 24.5 Å². The van der Waals surface area contributed by atoms with Crippen LogP contribution in [0.2, 0.25) is 0 Å². The second kappa shape index (κ2) is 8.86. The predicted octanol–water partition coefficient (Wildman–Crippen LogP) is 1.45. The number of carbonyl (C=O) groups is 2. The van der Waals surface area contributed by atoms with Crippen molar-refractivity contribution in [3.8, 4) is 0 Å². The summed E-state index contributed by atoms with van der Waals surface area (Å²) >= 11 is 0. The number of cyclic esters (lactones) is 1. The molecular weight excluding hydrogens is 391 g/mol. The first kappa shape index (κ1) is 20.4. The van der Waals surface area contributed by atoms with Gasteiger partial charge in [0, 0.05) is 13.5 Å². The van der Waals surface area contributed by atoms with Crippen LogP contribution in [0.15, 0.2) is 23.3 Å². The summed E-state index contributed by atoms with van der Waals surface area (Å²) in [6, 6.07) is 4.68. The molecule has 0 spiro atoms. The highest BCUT2D eigenvalue weighted by Crippen LogP contribution is 2.28. The molecule has 9 nitrogen and oxygen atoms in total. The number of ether oxygens (including phenoxy) is 1. The van der Waals surface area contributed by atoms with E-state index in [4.69, 9.17) is 4.74 Å². The molecule has 0 bridgehead atoms. The van der Waals surface area contributed by atoms with Gasteiger partial charge in [-0.2, -0.15) is 5.10 Å². The molecule has 2 atom stereocenters. The number of carbonyl (C=O) groups excluding carboxylic acids is 2. The zero-order valence-electron chi connectivity index (χ0n) is 17.0. The normalized spacial score (nSPS) is 24.2. The van der Waals surface area contributed by atoms with Crippen LogP contribution in [-0.4, -0.2) is 68.3 Å². The Bertz CT molecular complexity index is 829. The quantitative estimate of drug-likeness (QED) is 0.753. The monoisotopic (exact) mass is 418 g/mol. The second-order valence-electron chi connectivity index (χ2n) is 7.74. The van der Waals surface area contributed by atoms with Crippen molar-refractivity contribution < 1.29 is 18.7 Å². The Labute approximate surface area is 174 Å². The van der Waals surface area contributed by atoms with Crippen LogP contribution >= 0.6 is 0 Å². The molecule has 10 heteroatoms. The van der Waals surface area contributed by atoms with Crippen molar-refractivity contribution in [1.82, 2.24) is 15.6 Å². The van der Waals surface area contributed by atoms with Crippen molar-refractivity contribution >= 4 is 29.7 Å². The number of nitrogens with zero attached hydrogens (tertiary/aromatic N) is 4. The van der Waals surface area contributed by atoms with Crippen molar-refractivity contribution in [2.75, 3.05) is 42.5 Å². The number of hydrazone groups is 1. The molecule has 2 amide bonds. The molecule has 3 aliphatic heterocycles. The van der Waals surface area contributed by atoms with Crippen molar-refractivity contribution in [1.29, 1.82) is 0 Å². The largest absolute Gasteiger partial charge is 0.442 e. The van der Waals surface area contributed by atoms with E-state index < -0.39 is 18.0 Å². The van der Waals surface area contributed by atoms with E-state index in [2.05, 4.69) is 15.7 Å². The lowest BCUT2D eigenvalue weighted by molar-refractivity contribution is -0.119. The summed E-state index contributed by atoms with van der Waals surface area (Å²) in [4.78, 5) is 26.3. The Kier molecular flexibility index (Phi) is 6.03. The van der Waals surface area contributed by atoms with Gasteiger partial charge >= 0.3 is 6.09 Å². The van der Waals surface area contributed by atoms with E-state index in [0.717, 1.165) is 13.0 Å². The van der Waals surface area contributed by atoms with Gasteiger partial charge in [-0.25, -0.2) is 9.18 Å². The SMILES string of the molecule is CC(=O)NC[C@H]1CN(c2ccc(N3C=NN(C4CCCCN4)CC3)c(F)c2)C(=O)O1.